The van der Waals surface area contributed by atoms with Crippen LogP contribution in [0.5, 0.6) is 0 Å². The van der Waals surface area contributed by atoms with Crippen LogP contribution in [0.2, 0.25) is 0 Å². The van der Waals surface area contributed by atoms with Crippen LogP contribution in [0, 0.1) is 40.9 Å². The number of hydrogen-bond donors (Lipinski definition) is 2. The van der Waals surface area contributed by atoms with Crippen LogP contribution in [-0.2, 0) is 4.79 Å². The molecule has 0 aromatic carbocycles. The van der Waals surface area contributed by atoms with E-state index in [0.717, 1.165) is 11.4 Å². The van der Waals surface area contributed by atoms with Gasteiger partial charge in [-0.1, -0.05) is 88.2 Å². The highest BCUT2D eigenvalue weighted by molar-refractivity contribution is 5.87. The van der Waals surface area contributed by atoms with Gasteiger partial charge >= 0.3 is 0 Å². The van der Waals surface area contributed by atoms with Crippen LogP contribution < -0.4 is 0 Å². The average Bonchev–Trinajstić information content (AvgIpc) is 2.46. The Labute approximate surface area is 157 Å². The Bertz CT molecular complexity index is 339. The van der Waals surface area contributed by atoms with Gasteiger partial charge in [-0.05, 0) is 23.7 Å². The Kier molecular flexibility index (Phi) is 17.3. The minimum atomic E-state index is 0.204. The Morgan fingerprint density at radius 3 is 0.920 bits per heavy atom. The summed E-state index contributed by atoms with van der Waals surface area (Å²) in [6.07, 6.45) is 0. The van der Waals surface area contributed by atoms with Crippen molar-refractivity contribution in [1.82, 2.24) is 0 Å². The zero-order valence-electron chi connectivity index (χ0n) is 18.8. The lowest BCUT2D eigenvalue weighted by molar-refractivity contribution is -0.124. The molecule has 0 radical (unpaired) electrons. The van der Waals surface area contributed by atoms with Crippen LogP contribution >= 0.6 is 0 Å². The van der Waals surface area contributed by atoms with Crippen LogP contribution in [0.1, 0.15) is 83.1 Å². The first-order valence-corrected chi connectivity index (χ1v) is 9.54. The molecule has 0 aromatic rings. The largest absolute Gasteiger partial charge is 0.411 e. The van der Waals surface area contributed by atoms with E-state index in [1.807, 2.05) is 55.4 Å². The monoisotopic (exact) mass is 356 g/mol. The molecule has 4 nitrogen and oxygen atoms in total. The highest BCUT2D eigenvalue weighted by atomic mass is 16.4. The highest BCUT2D eigenvalue weighted by Gasteiger charge is 2.10. The first-order valence-electron chi connectivity index (χ1n) is 9.54. The van der Waals surface area contributed by atoms with Crippen molar-refractivity contribution in [1.29, 1.82) is 5.41 Å². The van der Waals surface area contributed by atoms with Crippen molar-refractivity contribution >= 4 is 17.2 Å². The molecule has 0 unspecified atom stereocenters. The molecule has 0 aliphatic heterocycles. The van der Waals surface area contributed by atoms with Crippen molar-refractivity contribution in [2.24, 2.45) is 40.7 Å². The average molecular weight is 357 g/mol. The van der Waals surface area contributed by atoms with Crippen LogP contribution in [0.15, 0.2) is 5.16 Å². The van der Waals surface area contributed by atoms with Gasteiger partial charge in [0.05, 0.1) is 5.71 Å². The van der Waals surface area contributed by atoms with E-state index in [4.69, 9.17) is 10.6 Å². The minimum absolute atomic E-state index is 0.204. The van der Waals surface area contributed by atoms with Gasteiger partial charge in [0, 0.05) is 17.5 Å². The summed E-state index contributed by atoms with van der Waals surface area (Å²) in [5, 5.41) is 19.1. The lowest BCUT2D eigenvalue weighted by atomic mass is 9.98. The second kappa shape index (κ2) is 15.1. The molecule has 150 valence electrons. The number of Topliss-reactive ketones (excluding diaryl/α,β-unsaturated/α-hetero) is 1. The molecule has 0 spiro atoms. The van der Waals surface area contributed by atoms with Crippen molar-refractivity contribution in [3.05, 3.63) is 0 Å². The third-order valence-electron chi connectivity index (χ3n) is 3.68. The van der Waals surface area contributed by atoms with Gasteiger partial charge in [0.25, 0.3) is 0 Å². The van der Waals surface area contributed by atoms with E-state index >= 15 is 0 Å². The van der Waals surface area contributed by atoms with Gasteiger partial charge in [-0.2, -0.15) is 0 Å². The molecule has 0 aromatic heterocycles. The van der Waals surface area contributed by atoms with E-state index in [1.165, 1.54) is 0 Å². The summed E-state index contributed by atoms with van der Waals surface area (Å²) < 4.78 is 0. The quantitative estimate of drug-likeness (QED) is 0.332. The molecule has 0 aliphatic rings. The second-order valence-electron chi connectivity index (χ2n) is 8.31. The predicted molar refractivity (Wildman–Crippen MR) is 111 cm³/mol. The molecule has 25 heavy (non-hydrogen) atoms. The number of carbonyl (C=O) groups is 1. The Balaban J connectivity index is -0.000000291. The second-order valence-corrected chi connectivity index (χ2v) is 8.31. The molecule has 0 aliphatic carbocycles. The zero-order valence-corrected chi connectivity index (χ0v) is 18.8. The number of rotatable bonds is 6. The molecule has 0 saturated carbocycles. The van der Waals surface area contributed by atoms with Gasteiger partial charge in [-0.25, -0.2) is 0 Å². The molecule has 4 heteroatoms. The zero-order chi connectivity index (χ0) is 20.9. The number of hydrogen-bond acceptors (Lipinski definition) is 4. The fraction of sp³-hybridized carbons (Fsp3) is 0.857. The van der Waals surface area contributed by atoms with Gasteiger partial charge in [-0.3, -0.25) is 4.79 Å². The maximum absolute atomic E-state index is 10.8. The number of oxime groups is 1. The minimum Gasteiger partial charge on any atom is -0.411 e. The number of carbonyl (C=O) groups excluding carboxylic acids is 1. The van der Waals surface area contributed by atoms with Crippen molar-refractivity contribution < 1.29 is 10.0 Å². The highest BCUT2D eigenvalue weighted by Crippen LogP contribution is 2.06. The van der Waals surface area contributed by atoms with E-state index in [-0.39, 0.29) is 11.8 Å². The fourth-order valence-corrected chi connectivity index (χ4v) is 2.23. The van der Waals surface area contributed by atoms with Crippen LogP contribution in [-0.4, -0.2) is 22.4 Å². The molecule has 0 atom stereocenters. The third kappa shape index (κ3) is 16.0. The third-order valence-corrected chi connectivity index (χ3v) is 3.68. The fourth-order valence-electron chi connectivity index (χ4n) is 2.23. The summed E-state index contributed by atoms with van der Waals surface area (Å²) in [7, 11) is 0. The Morgan fingerprint density at radius 2 is 0.920 bits per heavy atom. The van der Waals surface area contributed by atoms with E-state index < -0.39 is 0 Å². The van der Waals surface area contributed by atoms with E-state index in [0.29, 0.717) is 29.5 Å². The van der Waals surface area contributed by atoms with Gasteiger partial charge in [0.2, 0.25) is 0 Å². The topological polar surface area (TPSA) is 73.5 Å². The molecule has 0 saturated heterocycles. The van der Waals surface area contributed by atoms with Crippen molar-refractivity contribution in [3.63, 3.8) is 0 Å². The molecule has 0 amide bonds. The van der Waals surface area contributed by atoms with Gasteiger partial charge in [-0.15, -0.1) is 0 Å². The Hall–Kier alpha value is -1.19. The predicted octanol–water partition coefficient (Wildman–Crippen LogP) is 6.31. The molecule has 0 fully saturated rings. The molecule has 0 rings (SSSR count). The summed E-state index contributed by atoms with van der Waals surface area (Å²) in [6.45, 7) is 24.1. The summed E-state index contributed by atoms with van der Waals surface area (Å²) in [5.74, 6) is 2.32. The van der Waals surface area contributed by atoms with Crippen LogP contribution in [0.3, 0.4) is 0 Å². The lowest BCUT2D eigenvalue weighted by Gasteiger charge is -2.09. The van der Waals surface area contributed by atoms with E-state index in [2.05, 4.69) is 32.9 Å². The van der Waals surface area contributed by atoms with Gasteiger partial charge in [0.15, 0.2) is 0 Å². The first kappa shape index (κ1) is 28.6. The van der Waals surface area contributed by atoms with Crippen LogP contribution in [0.25, 0.3) is 0 Å². The lowest BCUT2D eigenvalue weighted by Crippen LogP contribution is -2.14. The first-order chi connectivity index (χ1) is 11.2. The Morgan fingerprint density at radius 1 is 0.640 bits per heavy atom. The maximum atomic E-state index is 10.8. The van der Waals surface area contributed by atoms with Crippen molar-refractivity contribution in [3.8, 4) is 0 Å². The maximum Gasteiger partial charge on any atom is 0.137 e. The standard InChI is InChI=1S/C7H15NO.C7H15N.C7H14O/c1-5(2)7(8-9)6(3)4;2*1-5(2)7(8)6(3)4/h5-6,9H,1-4H3;5-6,8H,1-4H3;5-6H,1-4H3. The van der Waals surface area contributed by atoms with E-state index in [1.54, 1.807) is 0 Å². The molecular formula is C21H44N2O2. The summed E-state index contributed by atoms with van der Waals surface area (Å²) in [4.78, 5) is 10.8. The summed E-state index contributed by atoms with van der Waals surface area (Å²) in [6, 6.07) is 0. The van der Waals surface area contributed by atoms with Crippen molar-refractivity contribution in [2.45, 2.75) is 83.1 Å². The summed E-state index contributed by atoms with van der Waals surface area (Å²) in [5.41, 5.74) is 1.72. The molecular weight excluding hydrogens is 312 g/mol. The normalized spacial score (nSPS) is 10.6. The van der Waals surface area contributed by atoms with Gasteiger partial charge in [0.1, 0.15) is 5.78 Å². The number of ketones is 1. The molecule has 0 heterocycles. The summed E-state index contributed by atoms with van der Waals surface area (Å²) >= 11 is 0. The van der Waals surface area contributed by atoms with Crippen molar-refractivity contribution in [2.75, 3.05) is 0 Å². The number of nitrogens with one attached hydrogen (secondary N) is 1. The smallest absolute Gasteiger partial charge is 0.137 e. The SMILES string of the molecule is CC(C)C(=N)C(C)C.CC(C)C(=NO)C(C)C.CC(C)C(=O)C(C)C. The molecule has 2 N–H and O–H groups in total. The number of nitrogens with zero attached hydrogens (tertiary/aromatic N) is 1. The van der Waals surface area contributed by atoms with Crippen LogP contribution in [0.4, 0.5) is 0 Å². The molecule has 0 bridgehead atoms. The van der Waals surface area contributed by atoms with Gasteiger partial charge < -0.3 is 10.6 Å². The van der Waals surface area contributed by atoms with E-state index in [9.17, 15) is 4.79 Å².